The van der Waals surface area contributed by atoms with E-state index < -0.39 is 83.6 Å². The Morgan fingerprint density at radius 1 is 0.491 bits per heavy atom. The Hall–Kier alpha value is -3.87. The fourth-order valence-electron chi connectivity index (χ4n) is 5.92. The molecule has 14 N–H and O–H groups in total. The molecule has 1 rings (SSSR count). The van der Waals surface area contributed by atoms with Gasteiger partial charge in [0.2, 0.25) is 41.4 Å². The van der Waals surface area contributed by atoms with Crippen LogP contribution in [0.1, 0.15) is 86.5 Å². The normalized spacial score (nSPS) is 26.7. The summed E-state index contributed by atoms with van der Waals surface area (Å²) in [7, 11) is 1.56. The summed E-state index contributed by atoms with van der Waals surface area (Å²) < 4.78 is 0. The standard InChI is InChI=1S/C35H67N11O7/c1-19(2)16-26-29(47)40-15-11-22(39-7)30(48)41-24(9-13-37)33(51)45-28(18-21(5)6)35(53)46-27(17-20(3)4)34(52)43-23(8-12-36)31(49)42-25(10-14-38)32(50)44-26/h19-28,39H,8-18,36-38H2,1-7H3,(H,40,47)(H,41,48)(H,42,49)(H,43,52)(H,44,50)(H,45,51)(H,46,53). The molecule has 7 atom stereocenters. The summed E-state index contributed by atoms with van der Waals surface area (Å²) in [6.07, 6.45) is 0.963. The summed E-state index contributed by atoms with van der Waals surface area (Å²) in [4.78, 5) is 94.9. The molecule has 0 bridgehead atoms. The first-order valence-corrected chi connectivity index (χ1v) is 18.8. The highest BCUT2D eigenvalue weighted by Crippen LogP contribution is 2.11. The number of carbonyl (C=O) groups is 7. The van der Waals surface area contributed by atoms with Crippen molar-refractivity contribution in [2.24, 2.45) is 35.0 Å². The van der Waals surface area contributed by atoms with Gasteiger partial charge < -0.3 is 59.7 Å². The van der Waals surface area contributed by atoms with Crippen molar-refractivity contribution in [2.45, 2.75) is 129 Å². The van der Waals surface area contributed by atoms with Crippen molar-refractivity contribution in [1.82, 2.24) is 42.5 Å². The van der Waals surface area contributed by atoms with E-state index in [-0.39, 0.29) is 88.9 Å². The summed E-state index contributed by atoms with van der Waals surface area (Å²) >= 11 is 0. The molecule has 53 heavy (non-hydrogen) atoms. The first-order valence-electron chi connectivity index (χ1n) is 18.8. The van der Waals surface area contributed by atoms with Gasteiger partial charge in [0.05, 0.1) is 6.04 Å². The SMILES string of the molecule is CNC1CCNC(=O)C(CC(C)C)NC(=O)C(CCN)NC(=O)C(CCN)NC(=O)C(CC(C)C)NC(=O)C(CC(C)C)NC(=O)C(CCN)NC1=O. The fourth-order valence-corrected chi connectivity index (χ4v) is 5.92. The van der Waals surface area contributed by atoms with Crippen molar-refractivity contribution in [3.05, 3.63) is 0 Å². The highest BCUT2D eigenvalue weighted by Gasteiger charge is 2.34. The van der Waals surface area contributed by atoms with Crippen molar-refractivity contribution in [3.8, 4) is 0 Å². The van der Waals surface area contributed by atoms with Crippen LogP contribution < -0.4 is 59.7 Å². The van der Waals surface area contributed by atoms with E-state index in [9.17, 15) is 33.6 Å². The summed E-state index contributed by atoms with van der Waals surface area (Å²) in [6.45, 7) is 11.4. The van der Waals surface area contributed by atoms with E-state index in [1.165, 1.54) is 0 Å². The molecular weight excluding hydrogens is 686 g/mol. The average molecular weight is 754 g/mol. The predicted octanol–water partition coefficient (Wildman–Crippen LogP) is -2.81. The third kappa shape index (κ3) is 17.2. The third-order valence-electron chi connectivity index (χ3n) is 8.68. The van der Waals surface area contributed by atoms with Crippen molar-refractivity contribution in [2.75, 3.05) is 33.2 Å². The van der Waals surface area contributed by atoms with Crippen molar-refractivity contribution >= 4 is 41.4 Å². The lowest BCUT2D eigenvalue weighted by atomic mass is 9.99. The van der Waals surface area contributed by atoms with Gasteiger partial charge in [-0.25, -0.2) is 0 Å². The second-order valence-electron chi connectivity index (χ2n) is 14.9. The molecule has 1 aliphatic heterocycles. The second-order valence-corrected chi connectivity index (χ2v) is 14.9. The Kier molecular flexibility index (Phi) is 21.7. The maximum Gasteiger partial charge on any atom is 0.243 e. The van der Waals surface area contributed by atoms with Gasteiger partial charge in [0.15, 0.2) is 0 Å². The van der Waals surface area contributed by atoms with Crippen LogP contribution in [0.3, 0.4) is 0 Å². The zero-order valence-electron chi connectivity index (χ0n) is 32.6. The van der Waals surface area contributed by atoms with E-state index in [0.717, 1.165) is 0 Å². The van der Waals surface area contributed by atoms with E-state index >= 15 is 0 Å². The van der Waals surface area contributed by atoms with Crippen LogP contribution >= 0.6 is 0 Å². The number of nitrogens with two attached hydrogens (primary N) is 3. The lowest BCUT2D eigenvalue weighted by molar-refractivity contribution is -0.136. The first kappa shape index (κ1) is 47.2. The van der Waals surface area contributed by atoms with Gasteiger partial charge in [-0.05, 0) is 89.4 Å². The second kappa shape index (κ2) is 24.4. The molecule has 304 valence electrons. The number of hydrogen-bond donors (Lipinski definition) is 11. The summed E-state index contributed by atoms with van der Waals surface area (Å²) in [5, 5.41) is 22.0. The maximum atomic E-state index is 13.8. The Labute approximate surface area is 314 Å². The minimum absolute atomic E-state index is 0.00117. The van der Waals surface area contributed by atoms with E-state index in [1.807, 2.05) is 41.5 Å². The quantitative estimate of drug-likeness (QED) is 0.0913. The number of likely N-dealkylation sites (N-methyl/N-ethyl adjacent to an activating group) is 1. The molecule has 18 heteroatoms. The van der Waals surface area contributed by atoms with E-state index in [4.69, 9.17) is 17.2 Å². The smallest absolute Gasteiger partial charge is 0.243 e. The molecule has 7 amide bonds. The molecule has 1 saturated heterocycles. The molecule has 0 aromatic rings. The molecule has 0 aromatic carbocycles. The maximum absolute atomic E-state index is 13.8. The van der Waals surface area contributed by atoms with Gasteiger partial charge in [-0.15, -0.1) is 0 Å². The molecule has 1 aliphatic rings. The van der Waals surface area contributed by atoms with E-state index in [1.54, 1.807) is 7.05 Å². The van der Waals surface area contributed by atoms with Crippen molar-refractivity contribution < 1.29 is 33.6 Å². The minimum atomic E-state index is -1.17. The van der Waals surface area contributed by atoms with Crippen LogP contribution in [0.15, 0.2) is 0 Å². The van der Waals surface area contributed by atoms with E-state index in [0.29, 0.717) is 0 Å². The molecule has 0 spiro atoms. The highest BCUT2D eigenvalue weighted by molar-refractivity contribution is 5.97. The summed E-state index contributed by atoms with van der Waals surface area (Å²) in [5.74, 6) is -4.36. The number of rotatable bonds is 13. The van der Waals surface area contributed by atoms with Gasteiger partial charge in [-0.3, -0.25) is 33.6 Å². The van der Waals surface area contributed by atoms with Crippen LogP contribution in [0.5, 0.6) is 0 Å². The number of amides is 7. The van der Waals surface area contributed by atoms with Gasteiger partial charge in [-0.2, -0.15) is 0 Å². The number of hydrogen-bond acceptors (Lipinski definition) is 11. The highest BCUT2D eigenvalue weighted by atomic mass is 16.2. The molecule has 1 heterocycles. The van der Waals surface area contributed by atoms with Crippen LogP contribution in [-0.4, -0.2) is 117 Å². The Morgan fingerprint density at radius 2 is 0.774 bits per heavy atom. The predicted molar refractivity (Wildman–Crippen MR) is 201 cm³/mol. The molecular formula is C35H67N11O7. The Balaban J connectivity index is 3.67. The van der Waals surface area contributed by atoms with Gasteiger partial charge in [0.1, 0.15) is 36.3 Å². The first-order chi connectivity index (χ1) is 25.0. The lowest BCUT2D eigenvalue weighted by Crippen LogP contribution is -2.60. The minimum Gasteiger partial charge on any atom is -0.354 e. The van der Waals surface area contributed by atoms with Crippen LogP contribution in [0.4, 0.5) is 0 Å². The number of nitrogens with one attached hydrogen (secondary N) is 8. The monoisotopic (exact) mass is 754 g/mol. The zero-order valence-corrected chi connectivity index (χ0v) is 32.6. The molecule has 0 saturated carbocycles. The van der Waals surface area contributed by atoms with Gasteiger partial charge in [0.25, 0.3) is 0 Å². The van der Waals surface area contributed by atoms with Crippen LogP contribution in [0.25, 0.3) is 0 Å². The van der Waals surface area contributed by atoms with Crippen LogP contribution in [0.2, 0.25) is 0 Å². The number of carbonyl (C=O) groups excluding carboxylic acids is 7. The molecule has 18 nitrogen and oxygen atoms in total. The Bertz CT molecular complexity index is 1220. The largest absolute Gasteiger partial charge is 0.354 e. The molecule has 0 aliphatic carbocycles. The molecule has 0 aromatic heterocycles. The lowest BCUT2D eigenvalue weighted by Gasteiger charge is -2.28. The summed E-state index contributed by atoms with van der Waals surface area (Å²) in [6, 6.07) is -7.36. The average Bonchev–Trinajstić information content (AvgIpc) is 3.07. The third-order valence-corrected chi connectivity index (χ3v) is 8.68. The van der Waals surface area contributed by atoms with Crippen LogP contribution in [-0.2, 0) is 33.6 Å². The van der Waals surface area contributed by atoms with Gasteiger partial charge in [0, 0.05) is 6.54 Å². The van der Waals surface area contributed by atoms with Crippen molar-refractivity contribution in [1.29, 1.82) is 0 Å². The van der Waals surface area contributed by atoms with E-state index in [2.05, 4.69) is 42.5 Å². The van der Waals surface area contributed by atoms with Gasteiger partial charge in [-0.1, -0.05) is 41.5 Å². The Morgan fingerprint density at radius 3 is 1.08 bits per heavy atom. The molecule has 7 unspecified atom stereocenters. The fraction of sp³-hybridized carbons (Fsp3) is 0.800. The molecule has 1 fully saturated rings. The zero-order chi connectivity index (χ0) is 40.2. The summed E-state index contributed by atoms with van der Waals surface area (Å²) in [5.41, 5.74) is 17.4. The van der Waals surface area contributed by atoms with Crippen LogP contribution in [0, 0.1) is 17.8 Å². The van der Waals surface area contributed by atoms with Gasteiger partial charge >= 0.3 is 0 Å². The van der Waals surface area contributed by atoms with Crippen molar-refractivity contribution in [3.63, 3.8) is 0 Å². The topological polar surface area (TPSA) is 294 Å². The molecule has 0 radical (unpaired) electrons.